The summed E-state index contributed by atoms with van der Waals surface area (Å²) in [6.45, 7) is 5.63. The molecule has 36 heavy (non-hydrogen) atoms. The highest BCUT2D eigenvalue weighted by Gasteiger charge is 2.17. The molecule has 0 saturated heterocycles. The number of hydrogen-bond acceptors (Lipinski definition) is 5. The number of nitrogens with zero attached hydrogens (tertiary/aromatic N) is 4. The van der Waals surface area contributed by atoms with E-state index in [0.29, 0.717) is 28.3 Å². The van der Waals surface area contributed by atoms with Gasteiger partial charge in [-0.1, -0.05) is 13.0 Å². The van der Waals surface area contributed by atoms with Crippen molar-refractivity contribution in [2.75, 3.05) is 6.54 Å². The molecule has 4 heterocycles. The van der Waals surface area contributed by atoms with Gasteiger partial charge in [0.25, 0.3) is 0 Å². The number of aryl methyl sites for hydroxylation is 1. The molecule has 0 aliphatic rings. The number of H-pyrrole nitrogens is 2. The smallest absolute Gasteiger partial charge is 0.159 e. The van der Waals surface area contributed by atoms with Crippen LogP contribution in [-0.4, -0.2) is 36.7 Å². The van der Waals surface area contributed by atoms with E-state index in [1.807, 2.05) is 37.5 Å². The van der Waals surface area contributed by atoms with Crippen LogP contribution in [0.1, 0.15) is 18.1 Å². The number of halogens is 1. The second-order valence-corrected chi connectivity index (χ2v) is 8.85. The average molecular weight is 478 g/mol. The maximum atomic E-state index is 14.1. The van der Waals surface area contributed by atoms with Crippen LogP contribution < -0.4 is 5.32 Å². The first-order valence-electron chi connectivity index (χ1n) is 11.8. The van der Waals surface area contributed by atoms with E-state index in [4.69, 9.17) is 4.98 Å². The highest BCUT2D eigenvalue weighted by molar-refractivity contribution is 5.97. The van der Waals surface area contributed by atoms with Crippen molar-refractivity contribution in [3.05, 3.63) is 84.1 Å². The van der Waals surface area contributed by atoms with Gasteiger partial charge in [-0.25, -0.2) is 9.37 Å². The van der Waals surface area contributed by atoms with Crippen molar-refractivity contribution in [1.29, 1.82) is 0 Å². The largest absolute Gasteiger partial charge is 0.336 e. The number of nitrogens with one attached hydrogen (secondary N) is 3. The lowest BCUT2D eigenvalue weighted by molar-refractivity contribution is 0.627. The predicted octanol–water partition coefficient (Wildman–Crippen LogP) is 5.79. The summed E-state index contributed by atoms with van der Waals surface area (Å²) in [4.78, 5) is 17.2. The van der Waals surface area contributed by atoms with Crippen LogP contribution in [0.3, 0.4) is 0 Å². The maximum absolute atomic E-state index is 14.1. The van der Waals surface area contributed by atoms with Crippen LogP contribution in [0.25, 0.3) is 55.8 Å². The zero-order valence-corrected chi connectivity index (χ0v) is 19.9. The van der Waals surface area contributed by atoms with Crippen molar-refractivity contribution in [2.45, 2.75) is 20.4 Å². The van der Waals surface area contributed by atoms with Crippen molar-refractivity contribution in [3.8, 4) is 33.9 Å². The molecule has 0 fully saturated rings. The zero-order chi connectivity index (χ0) is 24.6. The number of aromatic nitrogens is 6. The lowest BCUT2D eigenvalue weighted by Gasteiger charge is -2.06. The molecular weight excluding hydrogens is 453 g/mol. The van der Waals surface area contributed by atoms with Gasteiger partial charge in [-0.15, -0.1) is 0 Å². The van der Waals surface area contributed by atoms with Gasteiger partial charge in [-0.3, -0.25) is 15.1 Å². The summed E-state index contributed by atoms with van der Waals surface area (Å²) < 4.78 is 14.1. The van der Waals surface area contributed by atoms with Crippen molar-refractivity contribution < 1.29 is 4.39 Å². The Morgan fingerprint density at radius 1 is 0.917 bits per heavy atom. The molecule has 8 heteroatoms. The number of rotatable bonds is 6. The van der Waals surface area contributed by atoms with Gasteiger partial charge in [-0.05, 0) is 72.6 Å². The van der Waals surface area contributed by atoms with E-state index in [2.05, 4.69) is 55.6 Å². The quantitative estimate of drug-likeness (QED) is 0.282. The first kappa shape index (κ1) is 22.1. The summed E-state index contributed by atoms with van der Waals surface area (Å²) >= 11 is 0. The van der Waals surface area contributed by atoms with Crippen molar-refractivity contribution >= 4 is 21.9 Å². The molecule has 6 aromatic rings. The van der Waals surface area contributed by atoms with Crippen LogP contribution in [0.4, 0.5) is 4.39 Å². The number of aromatic amines is 2. The van der Waals surface area contributed by atoms with Crippen molar-refractivity contribution in [3.63, 3.8) is 0 Å². The monoisotopic (exact) mass is 477 g/mol. The molecule has 0 aliphatic heterocycles. The highest BCUT2D eigenvalue weighted by atomic mass is 19.1. The van der Waals surface area contributed by atoms with Gasteiger partial charge in [0.15, 0.2) is 5.82 Å². The number of benzene rings is 2. The molecule has 178 valence electrons. The Bertz CT molecular complexity index is 1700. The van der Waals surface area contributed by atoms with Gasteiger partial charge in [0, 0.05) is 41.6 Å². The Kier molecular flexibility index (Phi) is 5.50. The van der Waals surface area contributed by atoms with E-state index in [9.17, 15) is 4.39 Å². The van der Waals surface area contributed by atoms with Crippen LogP contribution in [-0.2, 0) is 6.54 Å². The predicted molar refractivity (Wildman–Crippen MR) is 140 cm³/mol. The molecule has 0 saturated carbocycles. The normalized spacial score (nSPS) is 11.5. The minimum atomic E-state index is -0.297. The van der Waals surface area contributed by atoms with Crippen LogP contribution in [0.15, 0.2) is 67.1 Å². The molecule has 0 amide bonds. The Morgan fingerprint density at radius 3 is 2.69 bits per heavy atom. The fourth-order valence-electron chi connectivity index (χ4n) is 4.52. The van der Waals surface area contributed by atoms with Gasteiger partial charge >= 0.3 is 0 Å². The maximum Gasteiger partial charge on any atom is 0.159 e. The Balaban J connectivity index is 1.44. The van der Waals surface area contributed by atoms with Crippen LogP contribution >= 0.6 is 0 Å². The summed E-state index contributed by atoms with van der Waals surface area (Å²) in [6.07, 6.45) is 5.46. The molecule has 3 N–H and O–H groups in total. The standard InChI is InChI=1S/C28H24FN7/c1-3-30-13-17-10-20(15-31-14-17)18-4-5-23-22(12-18)26(36-35-23)28-33-24-6-7-32-25(27(24)34-28)19-8-16(2)9-21(29)11-19/h4-12,14-15,30H,3,13H2,1-2H3,(H,33,34)(H,35,36). The molecule has 0 aliphatic carbocycles. The Hall–Kier alpha value is -4.43. The van der Waals surface area contributed by atoms with Gasteiger partial charge in [0.05, 0.1) is 16.7 Å². The number of hydrogen-bond donors (Lipinski definition) is 3. The van der Waals surface area contributed by atoms with E-state index < -0.39 is 0 Å². The van der Waals surface area contributed by atoms with E-state index in [0.717, 1.165) is 51.8 Å². The first-order chi connectivity index (χ1) is 17.6. The zero-order valence-electron chi connectivity index (χ0n) is 19.9. The molecule has 0 bridgehead atoms. The molecule has 7 nitrogen and oxygen atoms in total. The Labute approximate surface area is 206 Å². The second kappa shape index (κ2) is 8.98. The van der Waals surface area contributed by atoms with Gasteiger partial charge in [0.2, 0.25) is 0 Å². The summed E-state index contributed by atoms with van der Waals surface area (Å²) in [5.41, 5.74) is 8.46. The minimum Gasteiger partial charge on any atom is -0.336 e. The molecule has 0 radical (unpaired) electrons. The van der Waals surface area contributed by atoms with E-state index in [1.54, 1.807) is 6.20 Å². The average Bonchev–Trinajstić information content (AvgIpc) is 3.50. The van der Waals surface area contributed by atoms with Gasteiger partial charge < -0.3 is 10.3 Å². The third kappa shape index (κ3) is 4.01. The van der Waals surface area contributed by atoms with Gasteiger partial charge in [-0.2, -0.15) is 5.10 Å². The summed E-state index contributed by atoms with van der Waals surface area (Å²) in [5.74, 6) is 0.323. The van der Waals surface area contributed by atoms with E-state index in [-0.39, 0.29) is 5.82 Å². The Morgan fingerprint density at radius 2 is 1.83 bits per heavy atom. The number of imidazole rings is 1. The topological polar surface area (TPSA) is 95.2 Å². The van der Waals surface area contributed by atoms with Gasteiger partial charge in [0.1, 0.15) is 17.0 Å². The van der Waals surface area contributed by atoms with Crippen LogP contribution in [0, 0.1) is 12.7 Å². The second-order valence-electron chi connectivity index (χ2n) is 8.85. The van der Waals surface area contributed by atoms with Crippen LogP contribution in [0.5, 0.6) is 0 Å². The molecule has 6 rings (SSSR count). The van der Waals surface area contributed by atoms with Crippen molar-refractivity contribution in [2.24, 2.45) is 0 Å². The fourth-order valence-corrected chi connectivity index (χ4v) is 4.52. The fraction of sp³-hybridized carbons (Fsp3) is 0.143. The molecule has 0 spiro atoms. The number of pyridine rings is 2. The lowest BCUT2D eigenvalue weighted by Crippen LogP contribution is -2.11. The summed E-state index contributed by atoms with van der Waals surface area (Å²) in [6, 6.07) is 15.1. The molecule has 0 atom stereocenters. The minimum absolute atomic E-state index is 0.297. The molecule has 2 aromatic carbocycles. The van der Waals surface area contributed by atoms with Crippen molar-refractivity contribution in [1.82, 2.24) is 35.5 Å². The van der Waals surface area contributed by atoms with E-state index in [1.165, 1.54) is 12.1 Å². The molecule has 0 unspecified atom stereocenters. The lowest BCUT2D eigenvalue weighted by atomic mass is 10.0. The molecule has 4 aromatic heterocycles. The van der Waals surface area contributed by atoms with E-state index >= 15 is 0 Å². The number of fused-ring (bicyclic) bond motifs is 2. The third-order valence-corrected chi connectivity index (χ3v) is 6.21. The first-order valence-corrected chi connectivity index (χ1v) is 11.8. The highest BCUT2D eigenvalue weighted by Crippen LogP contribution is 2.32. The molecular formula is C28H24FN7. The SMILES string of the molecule is CCNCc1cncc(-c2ccc3[nH]nc(-c4nc5c(-c6cc(C)cc(F)c6)nccc5[nH]4)c3c2)c1. The summed E-state index contributed by atoms with van der Waals surface area (Å²) in [7, 11) is 0. The summed E-state index contributed by atoms with van der Waals surface area (Å²) in [5, 5.41) is 12.0. The van der Waals surface area contributed by atoms with Crippen LogP contribution in [0.2, 0.25) is 0 Å². The third-order valence-electron chi connectivity index (χ3n) is 6.21.